The molecule has 26 heavy (non-hydrogen) atoms. The van der Waals surface area contributed by atoms with Crippen LogP contribution in [0.3, 0.4) is 0 Å². The molecule has 9 nitrogen and oxygen atoms in total. The molecule has 0 saturated carbocycles. The SMILES string of the molecule is Cc1cc(C(=O)NC(CC(=O)OC(C)C)c2ccccc2[N+](=O)[O-])on1. The molecule has 1 heterocycles. The summed E-state index contributed by atoms with van der Waals surface area (Å²) in [5.74, 6) is -1.27. The predicted molar refractivity (Wildman–Crippen MR) is 90.4 cm³/mol. The molecule has 0 fully saturated rings. The van der Waals surface area contributed by atoms with Crippen LogP contribution in [0.1, 0.15) is 48.1 Å². The number of nitrogens with one attached hydrogen (secondary N) is 1. The average Bonchev–Trinajstić information content (AvgIpc) is 3.00. The molecule has 1 unspecified atom stereocenters. The quantitative estimate of drug-likeness (QED) is 0.456. The molecule has 0 bridgehead atoms. The number of aryl methyl sites for hydroxylation is 1. The Hall–Kier alpha value is -3.23. The van der Waals surface area contributed by atoms with Crippen LogP contribution in [0.15, 0.2) is 34.9 Å². The summed E-state index contributed by atoms with van der Waals surface area (Å²) in [4.78, 5) is 35.1. The zero-order valence-electron chi connectivity index (χ0n) is 14.6. The van der Waals surface area contributed by atoms with Gasteiger partial charge in [-0.15, -0.1) is 0 Å². The second-order valence-electron chi connectivity index (χ2n) is 5.92. The molecule has 1 atom stereocenters. The number of aromatic nitrogens is 1. The van der Waals surface area contributed by atoms with Crippen LogP contribution in [-0.2, 0) is 9.53 Å². The van der Waals surface area contributed by atoms with Gasteiger partial charge in [-0.2, -0.15) is 0 Å². The topological polar surface area (TPSA) is 125 Å². The van der Waals surface area contributed by atoms with Gasteiger partial charge in [-0.25, -0.2) is 0 Å². The number of nitrogens with zero attached hydrogens (tertiary/aromatic N) is 2. The van der Waals surface area contributed by atoms with Gasteiger partial charge in [0, 0.05) is 12.1 Å². The number of hydrogen-bond donors (Lipinski definition) is 1. The maximum absolute atomic E-state index is 12.4. The second-order valence-corrected chi connectivity index (χ2v) is 5.92. The Labute approximate surface area is 149 Å². The third kappa shape index (κ3) is 4.88. The fourth-order valence-electron chi connectivity index (χ4n) is 2.36. The van der Waals surface area contributed by atoms with Crippen LogP contribution in [-0.4, -0.2) is 28.1 Å². The molecular weight excluding hydrogens is 342 g/mol. The minimum absolute atomic E-state index is 0.0525. The van der Waals surface area contributed by atoms with Gasteiger partial charge in [-0.1, -0.05) is 23.4 Å². The zero-order chi connectivity index (χ0) is 19.3. The summed E-state index contributed by atoms with van der Waals surface area (Å²) in [5, 5.41) is 17.5. The number of rotatable bonds is 7. The van der Waals surface area contributed by atoms with Gasteiger partial charge < -0.3 is 14.6 Å². The minimum atomic E-state index is -0.958. The average molecular weight is 361 g/mol. The van der Waals surface area contributed by atoms with Crippen molar-refractivity contribution in [1.82, 2.24) is 10.5 Å². The van der Waals surface area contributed by atoms with E-state index in [-0.39, 0.29) is 29.5 Å². The van der Waals surface area contributed by atoms with E-state index in [1.165, 1.54) is 24.3 Å². The lowest BCUT2D eigenvalue weighted by Gasteiger charge is -2.18. The van der Waals surface area contributed by atoms with Crippen molar-refractivity contribution in [3.63, 3.8) is 0 Å². The summed E-state index contributed by atoms with van der Waals surface area (Å²) in [7, 11) is 0. The number of carbonyl (C=O) groups excluding carboxylic acids is 2. The second kappa shape index (κ2) is 8.24. The number of ether oxygens (including phenoxy) is 1. The third-order valence-electron chi connectivity index (χ3n) is 3.40. The molecule has 2 rings (SSSR count). The summed E-state index contributed by atoms with van der Waals surface area (Å²) < 4.78 is 10.00. The largest absolute Gasteiger partial charge is 0.463 e. The zero-order valence-corrected chi connectivity index (χ0v) is 14.6. The minimum Gasteiger partial charge on any atom is -0.463 e. The number of nitro groups is 1. The molecule has 0 radical (unpaired) electrons. The van der Waals surface area contributed by atoms with E-state index >= 15 is 0 Å². The Bertz CT molecular complexity index is 814. The van der Waals surface area contributed by atoms with Crippen LogP contribution >= 0.6 is 0 Å². The standard InChI is InChI=1S/C17H19N3O6/c1-10(2)25-16(21)9-13(12-6-4-5-7-14(12)20(23)24)18-17(22)15-8-11(3)19-26-15/h4-8,10,13H,9H2,1-3H3,(H,18,22). The molecule has 9 heteroatoms. The molecule has 2 aromatic rings. The highest BCUT2D eigenvalue weighted by atomic mass is 16.6. The molecule has 1 N–H and O–H groups in total. The lowest BCUT2D eigenvalue weighted by Crippen LogP contribution is -2.31. The highest BCUT2D eigenvalue weighted by Crippen LogP contribution is 2.28. The normalized spacial score (nSPS) is 11.8. The van der Waals surface area contributed by atoms with Crippen molar-refractivity contribution >= 4 is 17.6 Å². The van der Waals surface area contributed by atoms with E-state index < -0.39 is 22.8 Å². The van der Waals surface area contributed by atoms with E-state index in [0.29, 0.717) is 5.69 Å². The summed E-state index contributed by atoms with van der Waals surface area (Å²) in [6, 6.07) is 6.36. The number of hydrogen-bond acceptors (Lipinski definition) is 7. The molecular formula is C17H19N3O6. The van der Waals surface area contributed by atoms with Gasteiger partial charge in [0.25, 0.3) is 11.6 Å². The first kappa shape index (κ1) is 19.1. The van der Waals surface area contributed by atoms with Crippen LogP contribution < -0.4 is 5.32 Å². The van der Waals surface area contributed by atoms with E-state index in [4.69, 9.17) is 9.26 Å². The molecule has 1 amide bonds. The Morgan fingerprint density at radius 2 is 2.04 bits per heavy atom. The Balaban J connectivity index is 2.31. The van der Waals surface area contributed by atoms with Gasteiger partial charge in [0.05, 0.1) is 34.7 Å². The van der Waals surface area contributed by atoms with Crippen LogP contribution in [0.25, 0.3) is 0 Å². The van der Waals surface area contributed by atoms with Gasteiger partial charge in [0.2, 0.25) is 5.76 Å². The summed E-state index contributed by atoms with van der Waals surface area (Å²) in [6.45, 7) is 5.03. The summed E-state index contributed by atoms with van der Waals surface area (Å²) in [5.41, 5.74) is 0.503. The number of para-hydroxylation sites is 1. The van der Waals surface area contributed by atoms with Crippen molar-refractivity contribution in [2.75, 3.05) is 0 Å². The number of nitro benzene ring substituents is 1. The summed E-state index contributed by atoms with van der Waals surface area (Å²) >= 11 is 0. The van der Waals surface area contributed by atoms with Crippen molar-refractivity contribution in [1.29, 1.82) is 0 Å². The third-order valence-corrected chi connectivity index (χ3v) is 3.40. The van der Waals surface area contributed by atoms with E-state index in [1.54, 1.807) is 26.8 Å². The first-order chi connectivity index (χ1) is 12.3. The van der Waals surface area contributed by atoms with Crippen LogP contribution in [0, 0.1) is 17.0 Å². The van der Waals surface area contributed by atoms with Crippen molar-refractivity contribution in [2.45, 2.75) is 39.3 Å². The Morgan fingerprint density at radius 1 is 1.35 bits per heavy atom. The number of carbonyl (C=O) groups is 2. The Kier molecular flexibility index (Phi) is 6.05. The van der Waals surface area contributed by atoms with Crippen molar-refractivity contribution in [2.24, 2.45) is 0 Å². The van der Waals surface area contributed by atoms with Crippen molar-refractivity contribution in [3.8, 4) is 0 Å². The van der Waals surface area contributed by atoms with Crippen LogP contribution in [0.5, 0.6) is 0 Å². The van der Waals surface area contributed by atoms with Crippen LogP contribution in [0.4, 0.5) is 5.69 Å². The van der Waals surface area contributed by atoms with E-state index in [9.17, 15) is 19.7 Å². The van der Waals surface area contributed by atoms with Gasteiger partial charge in [0.15, 0.2) is 0 Å². The number of benzene rings is 1. The number of amides is 1. The van der Waals surface area contributed by atoms with Gasteiger partial charge in [-0.05, 0) is 20.8 Å². The van der Waals surface area contributed by atoms with Gasteiger partial charge >= 0.3 is 5.97 Å². The molecule has 0 aliphatic carbocycles. The Morgan fingerprint density at radius 3 is 2.62 bits per heavy atom. The highest BCUT2D eigenvalue weighted by Gasteiger charge is 2.27. The highest BCUT2D eigenvalue weighted by molar-refractivity contribution is 5.92. The van der Waals surface area contributed by atoms with Gasteiger partial charge in [-0.3, -0.25) is 19.7 Å². The summed E-state index contributed by atoms with van der Waals surface area (Å²) in [6.07, 6.45) is -0.608. The fraction of sp³-hybridized carbons (Fsp3) is 0.353. The van der Waals surface area contributed by atoms with Gasteiger partial charge in [0.1, 0.15) is 0 Å². The van der Waals surface area contributed by atoms with E-state index in [2.05, 4.69) is 10.5 Å². The van der Waals surface area contributed by atoms with Crippen LogP contribution in [0.2, 0.25) is 0 Å². The molecule has 0 saturated heterocycles. The smallest absolute Gasteiger partial charge is 0.308 e. The first-order valence-corrected chi connectivity index (χ1v) is 7.95. The molecule has 138 valence electrons. The lowest BCUT2D eigenvalue weighted by atomic mass is 10.0. The first-order valence-electron chi connectivity index (χ1n) is 7.95. The monoisotopic (exact) mass is 361 g/mol. The molecule has 0 aliphatic heterocycles. The lowest BCUT2D eigenvalue weighted by molar-refractivity contribution is -0.385. The predicted octanol–water partition coefficient (Wildman–Crippen LogP) is 2.70. The van der Waals surface area contributed by atoms with E-state index in [1.807, 2.05) is 0 Å². The molecule has 1 aromatic carbocycles. The maximum Gasteiger partial charge on any atom is 0.308 e. The molecule has 0 spiro atoms. The fourth-order valence-corrected chi connectivity index (χ4v) is 2.36. The molecule has 0 aliphatic rings. The molecule has 1 aromatic heterocycles. The van der Waals surface area contributed by atoms with Crippen molar-refractivity contribution < 1.29 is 23.8 Å². The number of esters is 1. The van der Waals surface area contributed by atoms with E-state index in [0.717, 1.165) is 0 Å². The maximum atomic E-state index is 12.4. The van der Waals surface area contributed by atoms with Crippen molar-refractivity contribution in [3.05, 3.63) is 57.5 Å².